The summed E-state index contributed by atoms with van der Waals surface area (Å²) in [6.45, 7) is 9.29. The first-order valence-electron chi connectivity index (χ1n) is 14.5. The van der Waals surface area contributed by atoms with Gasteiger partial charge in [-0.25, -0.2) is 9.34 Å². The van der Waals surface area contributed by atoms with Crippen molar-refractivity contribution >= 4 is 28.3 Å². The van der Waals surface area contributed by atoms with Crippen LogP contribution in [0.4, 0.5) is 11.4 Å². The molecule has 6 atom stereocenters. The van der Waals surface area contributed by atoms with Gasteiger partial charge < -0.3 is 27.9 Å². The van der Waals surface area contributed by atoms with Crippen LogP contribution in [0, 0.1) is 0 Å². The van der Waals surface area contributed by atoms with Gasteiger partial charge in [-0.05, 0) is 63.8 Å². The molecular formula is C29H40N4O4P2. The summed E-state index contributed by atoms with van der Waals surface area (Å²) in [5.74, 6) is -0.654. The van der Waals surface area contributed by atoms with Crippen molar-refractivity contribution < 1.29 is 18.5 Å². The van der Waals surface area contributed by atoms with Crippen LogP contribution in [-0.4, -0.2) is 78.8 Å². The number of nitrogens with zero attached hydrogens (tertiary/aromatic N) is 4. The standard InChI is InChI=1S/C29H40N4O4P2/c1-29(2)36-27(21-34-38-30-17-9-15-25(30)19-32(38)23-11-5-3-6-12-23)28(37-29)22-35-39-31-18-10-16-26(31)20-33(39)24-13-7-4-8-14-24/h3-8,11-14,25-28H,9-10,15-22H2,1-2H3/t25-,26-,27+,28+,38?,39?/m0/s1. The molecule has 8 nitrogen and oxygen atoms in total. The van der Waals surface area contributed by atoms with Crippen LogP contribution in [0.25, 0.3) is 0 Å². The summed E-state index contributed by atoms with van der Waals surface area (Å²) >= 11 is 0. The van der Waals surface area contributed by atoms with Crippen molar-refractivity contribution in [3.63, 3.8) is 0 Å². The van der Waals surface area contributed by atoms with Crippen LogP contribution in [0.3, 0.4) is 0 Å². The average molecular weight is 571 g/mol. The SMILES string of the molecule is CC1(C)O[C@H](COP2N(c3ccccc3)C[C@@H]3CCCN32)[C@@H](COP2N(c3ccccc3)C[C@@H]3CCCN32)O1. The Morgan fingerprint density at radius 3 is 1.59 bits per heavy atom. The summed E-state index contributed by atoms with van der Waals surface area (Å²) in [5.41, 5.74) is 2.49. The predicted molar refractivity (Wildman–Crippen MR) is 157 cm³/mol. The van der Waals surface area contributed by atoms with Crippen LogP contribution in [0.1, 0.15) is 39.5 Å². The number of benzene rings is 2. The molecule has 0 bridgehead atoms. The lowest BCUT2D eigenvalue weighted by molar-refractivity contribution is -0.150. The average Bonchev–Trinajstić information content (AvgIpc) is 3.75. The Labute approximate surface area is 235 Å². The molecule has 10 heteroatoms. The van der Waals surface area contributed by atoms with Crippen molar-refractivity contribution in [2.45, 2.75) is 69.6 Å². The Bertz CT molecular complexity index is 1030. The Morgan fingerprint density at radius 2 is 1.15 bits per heavy atom. The number of ether oxygens (including phenoxy) is 2. The third-order valence-electron chi connectivity index (χ3n) is 8.41. The molecule has 210 valence electrons. The fourth-order valence-electron chi connectivity index (χ4n) is 6.65. The van der Waals surface area contributed by atoms with Gasteiger partial charge in [-0.1, -0.05) is 36.4 Å². The molecule has 0 N–H and O–H groups in total. The minimum atomic E-state index is -0.876. The summed E-state index contributed by atoms with van der Waals surface area (Å²) in [6, 6.07) is 22.6. The highest BCUT2D eigenvalue weighted by molar-refractivity contribution is 7.52. The van der Waals surface area contributed by atoms with Crippen molar-refractivity contribution in [1.29, 1.82) is 0 Å². The van der Waals surface area contributed by atoms with Gasteiger partial charge in [-0.15, -0.1) is 0 Å². The zero-order valence-corrected chi connectivity index (χ0v) is 24.8. The summed E-state index contributed by atoms with van der Waals surface area (Å²) in [4.78, 5) is 0. The Morgan fingerprint density at radius 1 is 0.718 bits per heavy atom. The van der Waals surface area contributed by atoms with E-state index in [1.165, 1.54) is 37.1 Å². The number of hydrogen-bond donors (Lipinski definition) is 0. The van der Waals surface area contributed by atoms with Gasteiger partial charge in [0.1, 0.15) is 12.2 Å². The van der Waals surface area contributed by atoms with E-state index in [2.05, 4.69) is 79.3 Å². The molecule has 0 radical (unpaired) electrons. The van der Waals surface area contributed by atoms with Crippen molar-refractivity contribution in [3.05, 3.63) is 60.7 Å². The molecule has 2 unspecified atom stereocenters. The number of rotatable bonds is 8. The van der Waals surface area contributed by atoms with Gasteiger partial charge in [0.2, 0.25) is 16.9 Å². The van der Waals surface area contributed by atoms with Crippen LogP contribution < -0.4 is 9.34 Å². The molecular weight excluding hydrogens is 530 g/mol. The minimum absolute atomic E-state index is 0.168. The highest BCUT2D eigenvalue weighted by Gasteiger charge is 2.48. The van der Waals surface area contributed by atoms with Crippen molar-refractivity contribution in [3.8, 4) is 0 Å². The first kappa shape index (κ1) is 26.6. The fraction of sp³-hybridized carbons (Fsp3) is 0.586. The molecule has 39 heavy (non-hydrogen) atoms. The normalized spacial score (nSPS) is 34.2. The molecule has 5 saturated heterocycles. The molecule has 0 spiro atoms. The lowest BCUT2D eigenvalue weighted by Gasteiger charge is -2.31. The highest BCUT2D eigenvalue weighted by Crippen LogP contribution is 2.58. The van der Waals surface area contributed by atoms with Crippen LogP contribution in [-0.2, 0) is 18.5 Å². The summed E-state index contributed by atoms with van der Waals surface area (Å²) in [5, 5.41) is 0. The van der Waals surface area contributed by atoms with Crippen LogP contribution in [0.15, 0.2) is 60.7 Å². The second-order valence-electron chi connectivity index (χ2n) is 11.6. The fourth-order valence-corrected chi connectivity index (χ4v) is 11.2. The summed E-state index contributed by atoms with van der Waals surface area (Å²) in [6.07, 6.45) is 4.66. The molecule has 5 aliphatic heterocycles. The third-order valence-corrected chi connectivity index (χ3v) is 12.7. The van der Waals surface area contributed by atoms with Crippen LogP contribution in [0.2, 0.25) is 0 Å². The second kappa shape index (κ2) is 11.2. The van der Waals surface area contributed by atoms with E-state index in [4.69, 9.17) is 18.5 Å². The quantitative estimate of drug-likeness (QED) is 0.361. The van der Waals surface area contributed by atoms with Crippen molar-refractivity contribution in [2.24, 2.45) is 0 Å². The van der Waals surface area contributed by atoms with Gasteiger partial charge in [0, 0.05) is 49.6 Å². The van der Waals surface area contributed by atoms with E-state index in [0.717, 1.165) is 26.2 Å². The zero-order chi connectivity index (χ0) is 26.4. The molecule has 0 saturated carbocycles. The summed E-state index contributed by atoms with van der Waals surface area (Å²) < 4.78 is 36.5. The van der Waals surface area contributed by atoms with Gasteiger partial charge in [-0.3, -0.25) is 0 Å². The number of para-hydroxylation sites is 2. The van der Waals surface area contributed by atoms with E-state index in [1.54, 1.807) is 0 Å². The first-order valence-corrected chi connectivity index (χ1v) is 16.8. The molecule has 5 fully saturated rings. The van der Waals surface area contributed by atoms with E-state index in [-0.39, 0.29) is 12.2 Å². The Balaban J connectivity index is 1.04. The maximum absolute atomic E-state index is 6.76. The predicted octanol–water partition coefficient (Wildman–Crippen LogP) is 5.96. The van der Waals surface area contributed by atoms with Crippen LogP contribution >= 0.6 is 16.9 Å². The second-order valence-corrected chi connectivity index (χ2v) is 15.1. The molecule has 5 aliphatic rings. The Hall–Kier alpha value is -1.34. The lowest BCUT2D eigenvalue weighted by Crippen LogP contribution is -2.33. The monoisotopic (exact) mass is 570 g/mol. The molecule has 0 aliphatic carbocycles. The lowest BCUT2D eigenvalue weighted by atomic mass is 10.2. The van der Waals surface area contributed by atoms with Crippen molar-refractivity contribution in [2.75, 3.05) is 48.7 Å². The van der Waals surface area contributed by atoms with E-state index in [0.29, 0.717) is 25.3 Å². The summed E-state index contributed by atoms with van der Waals surface area (Å²) in [7, 11) is -1.75. The minimum Gasteiger partial charge on any atom is -0.342 e. The van der Waals surface area contributed by atoms with E-state index in [1.807, 2.05) is 13.8 Å². The highest BCUT2D eigenvalue weighted by atomic mass is 31.2. The number of fused-ring (bicyclic) bond motifs is 2. The molecule has 2 aromatic carbocycles. The third kappa shape index (κ3) is 5.36. The maximum atomic E-state index is 6.76. The molecule has 2 aromatic rings. The number of anilines is 2. The van der Waals surface area contributed by atoms with Gasteiger partial charge in [0.25, 0.3) is 0 Å². The molecule has 0 amide bonds. The molecule has 7 rings (SSSR count). The largest absolute Gasteiger partial charge is 0.342 e. The van der Waals surface area contributed by atoms with Gasteiger partial charge >= 0.3 is 0 Å². The van der Waals surface area contributed by atoms with E-state index in [9.17, 15) is 0 Å². The Kier molecular flexibility index (Phi) is 7.59. The number of hydrogen-bond acceptors (Lipinski definition) is 8. The van der Waals surface area contributed by atoms with E-state index >= 15 is 0 Å². The van der Waals surface area contributed by atoms with Gasteiger partial charge in [0.05, 0.1) is 13.2 Å². The molecule has 5 heterocycles. The molecule has 0 aromatic heterocycles. The van der Waals surface area contributed by atoms with Crippen LogP contribution in [0.5, 0.6) is 0 Å². The first-order chi connectivity index (χ1) is 19.1. The topological polar surface area (TPSA) is 49.9 Å². The van der Waals surface area contributed by atoms with Gasteiger partial charge in [-0.2, -0.15) is 0 Å². The maximum Gasteiger partial charge on any atom is 0.218 e. The van der Waals surface area contributed by atoms with Crippen molar-refractivity contribution in [1.82, 2.24) is 9.34 Å². The van der Waals surface area contributed by atoms with Gasteiger partial charge in [0.15, 0.2) is 5.79 Å². The zero-order valence-electron chi connectivity index (χ0n) is 23.0. The van der Waals surface area contributed by atoms with E-state index < -0.39 is 22.7 Å². The smallest absolute Gasteiger partial charge is 0.218 e.